The number of fused-ring (bicyclic) bond motifs is 1. The lowest BCUT2D eigenvalue weighted by atomic mass is 10.1. The van der Waals surface area contributed by atoms with Crippen LogP contribution in [0, 0.1) is 17.0 Å². The molecule has 1 heterocycles. The van der Waals surface area contributed by atoms with Crippen LogP contribution in [0.2, 0.25) is 5.02 Å². The molecule has 1 aliphatic heterocycles. The minimum Gasteiger partial charge on any atom is -0.454 e. The molecule has 0 bridgehead atoms. The first-order valence-corrected chi connectivity index (χ1v) is 7.65. The van der Waals surface area contributed by atoms with Gasteiger partial charge in [0.2, 0.25) is 12.7 Å². The highest BCUT2D eigenvalue weighted by molar-refractivity contribution is 6.33. The predicted molar refractivity (Wildman–Crippen MR) is 93.1 cm³/mol. The zero-order valence-electron chi connectivity index (χ0n) is 13.1. The van der Waals surface area contributed by atoms with Gasteiger partial charge in [0, 0.05) is 6.08 Å². The first kappa shape index (κ1) is 16.8. The molecule has 2 aromatic carbocycles. The van der Waals surface area contributed by atoms with E-state index in [1.807, 2.05) is 13.0 Å². The van der Waals surface area contributed by atoms with Crippen LogP contribution >= 0.6 is 11.6 Å². The second kappa shape index (κ2) is 6.82. The van der Waals surface area contributed by atoms with Gasteiger partial charge in [-0.2, -0.15) is 0 Å². The topological polar surface area (TPSA) is 90.7 Å². The Bertz CT molecular complexity index is 895. The van der Waals surface area contributed by atoms with Crippen LogP contribution in [0.4, 0.5) is 11.4 Å². The third-order valence-electron chi connectivity index (χ3n) is 3.52. The first-order valence-electron chi connectivity index (χ1n) is 7.27. The summed E-state index contributed by atoms with van der Waals surface area (Å²) in [5, 5.41) is 14.2. The number of nitro groups is 1. The summed E-state index contributed by atoms with van der Waals surface area (Å²) in [6.45, 7) is 1.89. The van der Waals surface area contributed by atoms with Gasteiger partial charge in [0.1, 0.15) is 0 Å². The summed E-state index contributed by atoms with van der Waals surface area (Å²) in [6, 6.07) is 7.96. The number of aryl methyl sites for hydroxylation is 1. The highest BCUT2D eigenvalue weighted by atomic mass is 35.5. The Balaban J connectivity index is 1.81. The maximum atomic E-state index is 12.1. The van der Waals surface area contributed by atoms with Gasteiger partial charge in [-0.05, 0) is 36.8 Å². The molecule has 7 nitrogen and oxygen atoms in total. The minimum atomic E-state index is -0.545. The van der Waals surface area contributed by atoms with Gasteiger partial charge in [-0.15, -0.1) is 0 Å². The van der Waals surface area contributed by atoms with Gasteiger partial charge in [-0.25, -0.2) is 0 Å². The number of halogens is 1. The highest BCUT2D eigenvalue weighted by Gasteiger charge is 2.22. The van der Waals surface area contributed by atoms with Crippen LogP contribution in [-0.2, 0) is 4.79 Å². The van der Waals surface area contributed by atoms with Crippen LogP contribution in [0.5, 0.6) is 11.5 Å². The zero-order valence-corrected chi connectivity index (χ0v) is 13.9. The number of hydrogen-bond acceptors (Lipinski definition) is 5. The Morgan fingerprint density at radius 1 is 1.28 bits per heavy atom. The van der Waals surface area contributed by atoms with E-state index in [4.69, 9.17) is 21.1 Å². The predicted octanol–water partition coefficient (Wildman–Crippen LogP) is 3.94. The molecule has 2 aromatic rings. The molecule has 1 N–H and O–H groups in total. The van der Waals surface area contributed by atoms with E-state index in [1.54, 1.807) is 12.1 Å². The molecule has 0 atom stereocenters. The molecule has 128 valence electrons. The molecule has 1 amide bonds. The third kappa shape index (κ3) is 3.72. The summed E-state index contributed by atoms with van der Waals surface area (Å²) in [5.74, 6) is 0.240. The van der Waals surface area contributed by atoms with Crippen molar-refractivity contribution >= 4 is 35.0 Å². The molecule has 0 saturated heterocycles. The Kier molecular flexibility index (Phi) is 4.58. The number of ether oxygens (including phenoxy) is 2. The lowest BCUT2D eigenvalue weighted by Gasteiger charge is -2.05. The summed E-state index contributed by atoms with van der Waals surface area (Å²) in [7, 11) is 0. The average Bonchev–Trinajstić information content (AvgIpc) is 3.02. The molecular formula is C17H13ClN2O5. The fraction of sp³-hybridized carbons (Fsp3) is 0.118. The number of nitrogens with zero attached hydrogens (tertiary/aromatic N) is 1. The largest absolute Gasteiger partial charge is 0.454 e. The molecule has 0 spiro atoms. The number of amides is 1. The number of nitro benzene ring substituents is 1. The highest BCUT2D eigenvalue weighted by Crippen LogP contribution is 2.38. The summed E-state index contributed by atoms with van der Waals surface area (Å²) < 4.78 is 10.3. The molecule has 25 heavy (non-hydrogen) atoms. The standard InChI is InChI=1S/C17H13ClN2O5/c1-10-2-4-13(12(18)6-10)19-17(21)5-3-11-7-15-16(25-9-24-15)8-14(11)20(22)23/h2-8H,9H2,1H3,(H,19,21)/b5-3+. The number of carbonyl (C=O) groups excluding carboxylic acids is 1. The Morgan fingerprint density at radius 2 is 2.00 bits per heavy atom. The van der Waals surface area contributed by atoms with E-state index in [0.717, 1.165) is 5.56 Å². The molecule has 1 aliphatic rings. The zero-order chi connectivity index (χ0) is 18.0. The van der Waals surface area contributed by atoms with Gasteiger partial charge in [0.25, 0.3) is 5.69 Å². The van der Waals surface area contributed by atoms with Crippen LogP contribution in [0.15, 0.2) is 36.4 Å². The molecular weight excluding hydrogens is 348 g/mol. The Morgan fingerprint density at radius 3 is 2.68 bits per heavy atom. The average molecular weight is 361 g/mol. The molecule has 8 heteroatoms. The fourth-order valence-corrected chi connectivity index (χ4v) is 2.58. The number of rotatable bonds is 4. The molecule has 0 aliphatic carbocycles. The molecule has 0 aromatic heterocycles. The van der Waals surface area contributed by atoms with Crippen molar-refractivity contribution in [2.45, 2.75) is 6.92 Å². The molecule has 0 saturated carbocycles. The van der Waals surface area contributed by atoms with Crippen LogP contribution < -0.4 is 14.8 Å². The fourth-order valence-electron chi connectivity index (χ4n) is 2.30. The minimum absolute atomic E-state index is 0.00602. The van der Waals surface area contributed by atoms with Crippen molar-refractivity contribution in [3.8, 4) is 11.5 Å². The molecule has 0 unspecified atom stereocenters. The van der Waals surface area contributed by atoms with Crippen LogP contribution in [0.3, 0.4) is 0 Å². The number of nitrogens with one attached hydrogen (secondary N) is 1. The third-order valence-corrected chi connectivity index (χ3v) is 3.83. The van der Waals surface area contributed by atoms with Crippen molar-refractivity contribution in [3.63, 3.8) is 0 Å². The van der Waals surface area contributed by atoms with Gasteiger partial charge in [0.15, 0.2) is 11.5 Å². The second-order valence-corrected chi connectivity index (χ2v) is 5.73. The van der Waals surface area contributed by atoms with Gasteiger partial charge < -0.3 is 14.8 Å². The van der Waals surface area contributed by atoms with Gasteiger partial charge in [0.05, 0.1) is 27.3 Å². The van der Waals surface area contributed by atoms with Crippen LogP contribution in [-0.4, -0.2) is 17.6 Å². The molecule has 0 fully saturated rings. The lowest BCUT2D eigenvalue weighted by molar-refractivity contribution is -0.385. The van der Waals surface area contributed by atoms with E-state index in [0.29, 0.717) is 22.2 Å². The first-order chi connectivity index (χ1) is 11.9. The maximum Gasteiger partial charge on any atom is 0.280 e. The van der Waals surface area contributed by atoms with Gasteiger partial charge in [-0.3, -0.25) is 14.9 Å². The van der Waals surface area contributed by atoms with E-state index >= 15 is 0 Å². The van der Waals surface area contributed by atoms with Gasteiger partial charge >= 0.3 is 0 Å². The van der Waals surface area contributed by atoms with Gasteiger partial charge in [-0.1, -0.05) is 17.7 Å². The van der Waals surface area contributed by atoms with Crippen LogP contribution in [0.25, 0.3) is 6.08 Å². The van der Waals surface area contributed by atoms with Crippen molar-refractivity contribution in [1.29, 1.82) is 0 Å². The van der Waals surface area contributed by atoms with Crippen molar-refractivity contribution in [1.82, 2.24) is 0 Å². The van der Waals surface area contributed by atoms with E-state index in [-0.39, 0.29) is 18.0 Å². The van der Waals surface area contributed by atoms with Crippen molar-refractivity contribution in [2.75, 3.05) is 12.1 Å². The summed E-state index contributed by atoms with van der Waals surface area (Å²) in [6.07, 6.45) is 2.54. The van der Waals surface area contributed by atoms with E-state index in [9.17, 15) is 14.9 Å². The number of anilines is 1. The second-order valence-electron chi connectivity index (χ2n) is 5.33. The summed E-state index contributed by atoms with van der Waals surface area (Å²) >= 11 is 6.06. The quantitative estimate of drug-likeness (QED) is 0.506. The Hall–Kier alpha value is -3.06. The van der Waals surface area contributed by atoms with Crippen molar-refractivity contribution < 1.29 is 19.2 Å². The molecule has 3 rings (SSSR count). The molecule has 0 radical (unpaired) electrons. The maximum absolute atomic E-state index is 12.1. The monoisotopic (exact) mass is 360 g/mol. The normalized spacial score (nSPS) is 12.4. The van der Waals surface area contributed by atoms with Crippen molar-refractivity contribution in [2.24, 2.45) is 0 Å². The Labute approximate surface area is 148 Å². The number of carbonyl (C=O) groups is 1. The summed E-state index contributed by atoms with van der Waals surface area (Å²) in [4.78, 5) is 22.7. The van der Waals surface area contributed by atoms with E-state index in [2.05, 4.69) is 5.32 Å². The van der Waals surface area contributed by atoms with Crippen LogP contribution in [0.1, 0.15) is 11.1 Å². The summed E-state index contributed by atoms with van der Waals surface area (Å²) in [5.41, 5.74) is 1.48. The SMILES string of the molecule is Cc1ccc(NC(=O)/C=C/c2cc3c(cc2[N+](=O)[O-])OCO3)c(Cl)c1. The lowest BCUT2D eigenvalue weighted by Crippen LogP contribution is -2.08. The van der Waals surface area contributed by atoms with Crippen molar-refractivity contribution in [3.05, 3.63) is 62.7 Å². The smallest absolute Gasteiger partial charge is 0.280 e. The van der Waals surface area contributed by atoms with E-state index < -0.39 is 10.8 Å². The number of hydrogen-bond donors (Lipinski definition) is 1. The number of benzene rings is 2. The van der Waals surface area contributed by atoms with E-state index in [1.165, 1.54) is 24.3 Å².